The average molecular weight is 263 g/mol. The fourth-order valence-corrected chi connectivity index (χ4v) is 2.03. The van der Waals surface area contributed by atoms with Crippen molar-refractivity contribution in [3.63, 3.8) is 0 Å². The number of aliphatic hydroxyl groups is 1. The van der Waals surface area contributed by atoms with Crippen LogP contribution in [0.5, 0.6) is 0 Å². The summed E-state index contributed by atoms with van der Waals surface area (Å²) in [6.45, 7) is 3.86. The van der Waals surface area contributed by atoms with E-state index in [0.29, 0.717) is 17.8 Å². The van der Waals surface area contributed by atoms with Gasteiger partial charge < -0.3 is 10.0 Å². The maximum absolute atomic E-state index is 12.3. The van der Waals surface area contributed by atoms with E-state index in [1.54, 1.807) is 18.5 Å². The molecule has 0 bridgehead atoms. The van der Waals surface area contributed by atoms with Crippen molar-refractivity contribution in [3.05, 3.63) is 23.8 Å². The number of rotatable bonds is 4. The molecule has 7 heteroatoms. The van der Waals surface area contributed by atoms with E-state index in [1.807, 2.05) is 6.92 Å². The van der Waals surface area contributed by atoms with Crippen molar-refractivity contribution in [3.8, 4) is 0 Å². The van der Waals surface area contributed by atoms with E-state index >= 15 is 0 Å². The largest absolute Gasteiger partial charge is 0.392 e. The third-order valence-corrected chi connectivity index (χ3v) is 2.86. The molecule has 0 fully saturated rings. The van der Waals surface area contributed by atoms with Gasteiger partial charge in [0.15, 0.2) is 0 Å². The van der Waals surface area contributed by atoms with Crippen molar-refractivity contribution >= 4 is 11.7 Å². The summed E-state index contributed by atoms with van der Waals surface area (Å²) in [5.41, 5.74) is 1.26. The van der Waals surface area contributed by atoms with Crippen LogP contribution in [-0.2, 0) is 6.42 Å². The summed E-state index contributed by atoms with van der Waals surface area (Å²) in [7, 11) is 1.65. The first kappa shape index (κ1) is 13.4. The minimum absolute atomic E-state index is 0.178. The predicted molar refractivity (Wildman–Crippen MR) is 68.8 cm³/mol. The summed E-state index contributed by atoms with van der Waals surface area (Å²) in [4.78, 5) is 21.9. The summed E-state index contributed by atoms with van der Waals surface area (Å²) in [5.74, 6) is 0.300. The molecule has 0 spiro atoms. The molecule has 1 unspecified atom stereocenters. The number of likely N-dealkylation sites (N-methyl/N-ethyl adjacent to an activating group) is 1. The summed E-state index contributed by atoms with van der Waals surface area (Å²) in [5, 5.41) is 13.4. The van der Waals surface area contributed by atoms with Gasteiger partial charge in [0.2, 0.25) is 0 Å². The molecule has 102 valence electrons. The maximum atomic E-state index is 12.3. The first-order valence-corrected chi connectivity index (χ1v) is 6.15. The fraction of sp³-hybridized carbons (Fsp3) is 0.500. The molecule has 0 aliphatic heterocycles. The van der Waals surface area contributed by atoms with Crippen molar-refractivity contribution in [1.29, 1.82) is 0 Å². The SMILES string of the molecule is CCc1c(C(=O)N(C)CC(C)O)cnc2ncnn12. The highest BCUT2D eigenvalue weighted by Gasteiger charge is 2.19. The van der Waals surface area contributed by atoms with E-state index in [1.165, 1.54) is 17.4 Å². The fourth-order valence-electron chi connectivity index (χ4n) is 2.03. The number of hydrogen-bond donors (Lipinski definition) is 1. The van der Waals surface area contributed by atoms with Crippen molar-refractivity contribution in [2.45, 2.75) is 26.4 Å². The molecule has 1 amide bonds. The van der Waals surface area contributed by atoms with E-state index < -0.39 is 6.10 Å². The van der Waals surface area contributed by atoms with Crippen molar-refractivity contribution in [2.24, 2.45) is 0 Å². The highest BCUT2D eigenvalue weighted by Crippen LogP contribution is 2.12. The standard InChI is InChI=1S/C12H17N5O2/c1-4-10-9(11(19)16(3)6-8(2)18)5-13-12-14-7-15-17(10)12/h5,7-8,18H,4,6H2,1-3H3. The Morgan fingerprint density at radius 2 is 2.26 bits per heavy atom. The van der Waals surface area contributed by atoms with Crippen LogP contribution in [0, 0.1) is 0 Å². The minimum Gasteiger partial charge on any atom is -0.392 e. The maximum Gasteiger partial charge on any atom is 0.257 e. The van der Waals surface area contributed by atoms with Crippen molar-refractivity contribution in [2.75, 3.05) is 13.6 Å². The zero-order valence-electron chi connectivity index (χ0n) is 11.2. The van der Waals surface area contributed by atoms with Crippen LogP contribution in [0.4, 0.5) is 0 Å². The van der Waals surface area contributed by atoms with E-state index in [0.717, 1.165) is 5.69 Å². The molecule has 2 aromatic rings. The Morgan fingerprint density at radius 1 is 1.53 bits per heavy atom. The molecule has 0 aliphatic carbocycles. The zero-order valence-corrected chi connectivity index (χ0v) is 11.2. The van der Waals surface area contributed by atoms with Gasteiger partial charge in [-0.25, -0.2) is 9.50 Å². The van der Waals surface area contributed by atoms with Crippen molar-refractivity contribution < 1.29 is 9.90 Å². The van der Waals surface area contributed by atoms with E-state index in [-0.39, 0.29) is 12.5 Å². The van der Waals surface area contributed by atoms with E-state index in [4.69, 9.17) is 0 Å². The highest BCUT2D eigenvalue weighted by molar-refractivity contribution is 5.95. The van der Waals surface area contributed by atoms with Crippen LogP contribution in [0.3, 0.4) is 0 Å². The van der Waals surface area contributed by atoms with Gasteiger partial charge >= 0.3 is 0 Å². The molecule has 0 aliphatic rings. The summed E-state index contributed by atoms with van der Waals surface area (Å²) in [6.07, 6.45) is 3.01. The van der Waals surface area contributed by atoms with Crippen LogP contribution in [-0.4, -0.2) is 55.2 Å². The summed E-state index contributed by atoms with van der Waals surface area (Å²) in [6, 6.07) is 0. The lowest BCUT2D eigenvalue weighted by atomic mass is 10.1. The van der Waals surface area contributed by atoms with Crippen LogP contribution < -0.4 is 0 Å². The summed E-state index contributed by atoms with van der Waals surface area (Å²) < 4.78 is 1.57. The van der Waals surface area contributed by atoms with Gasteiger partial charge in [-0.15, -0.1) is 0 Å². The van der Waals surface area contributed by atoms with Crippen LogP contribution >= 0.6 is 0 Å². The van der Waals surface area contributed by atoms with E-state index in [9.17, 15) is 9.90 Å². The topological polar surface area (TPSA) is 83.6 Å². The molecule has 0 saturated carbocycles. The third-order valence-electron chi connectivity index (χ3n) is 2.86. The number of carbonyl (C=O) groups excluding carboxylic acids is 1. The Hall–Kier alpha value is -2.02. The Morgan fingerprint density at radius 3 is 2.89 bits per heavy atom. The zero-order chi connectivity index (χ0) is 14.0. The van der Waals surface area contributed by atoms with Crippen LogP contribution in [0.1, 0.15) is 29.9 Å². The second-order valence-electron chi connectivity index (χ2n) is 4.48. The molecule has 1 N–H and O–H groups in total. The molecule has 2 heterocycles. The molecule has 2 aromatic heterocycles. The van der Waals surface area contributed by atoms with Gasteiger partial charge in [-0.05, 0) is 13.3 Å². The molecule has 2 rings (SSSR count). The van der Waals surface area contributed by atoms with Crippen molar-refractivity contribution in [1.82, 2.24) is 24.5 Å². The quantitative estimate of drug-likeness (QED) is 0.848. The second kappa shape index (κ2) is 5.31. The molecule has 0 saturated heterocycles. The lowest BCUT2D eigenvalue weighted by Crippen LogP contribution is -2.34. The number of nitrogens with zero attached hydrogens (tertiary/aromatic N) is 5. The number of carbonyl (C=O) groups is 1. The molecule has 7 nitrogen and oxygen atoms in total. The van der Waals surface area contributed by atoms with Crippen LogP contribution in [0.2, 0.25) is 0 Å². The Balaban J connectivity index is 2.41. The Labute approximate surface area is 110 Å². The number of aromatic nitrogens is 4. The first-order valence-electron chi connectivity index (χ1n) is 6.15. The summed E-state index contributed by atoms with van der Waals surface area (Å²) >= 11 is 0. The second-order valence-corrected chi connectivity index (χ2v) is 4.48. The van der Waals surface area contributed by atoms with Gasteiger partial charge in [0.05, 0.1) is 17.4 Å². The van der Waals surface area contributed by atoms with Gasteiger partial charge in [-0.2, -0.15) is 10.1 Å². The minimum atomic E-state index is -0.568. The molecular weight excluding hydrogens is 246 g/mol. The van der Waals surface area contributed by atoms with Gasteiger partial charge in [0.1, 0.15) is 6.33 Å². The van der Waals surface area contributed by atoms with Gasteiger partial charge in [-0.1, -0.05) is 6.92 Å². The molecule has 0 aromatic carbocycles. The first-order chi connectivity index (χ1) is 9.04. The lowest BCUT2D eigenvalue weighted by Gasteiger charge is -2.20. The van der Waals surface area contributed by atoms with Gasteiger partial charge in [0, 0.05) is 19.8 Å². The number of amides is 1. The van der Waals surface area contributed by atoms with Crippen LogP contribution in [0.15, 0.2) is 12.5 Å². The highest BCUT2D eigenvalue weighted by atomic mass is 16.3. The predicted octanol–water partition coefficient (Wildman–Crippen LogP) is 0.140. The van der Waals surface area contributed by atoms with Gasteiger partial charge in [-0.3, -0.25) is 4.79 Å². The number of aliphatic hydroxyl groups excluding tert-OH is 1. The Bertz CT molecular complexity index is 593. The smallest absolute Gasteiger partial charge is 0.257 e. The molecule has 0 radical (unpaired) electrons. The average Bonchev–Trinajstić information content (AvgIpc) is 2.83. The monoisotopic (exact) mass is 263 g/mol. The Kier molecular flexibility index (Phi) is 3.75. The van der Waals surface area contributed by atoms with Crippen LogP contribution in [0.25, 0.3) is 5.78 Å². The number of hydrogen-bond acceptors (Lipinski definition) is 5. The lowest BCUT2D eigenvalue weighted by molar-refractivity contribution is 0.0701. The molecule has 1 atom stereocenters. The molecule has 19 heavy (non-hydrogen) atoms. The number of aryl methyl sites for hydroxylation is 1. The van der Waals surface area contributed by atoms with E-state index in [2.05, 4.69) is 15.1 Å². The van der Waals surface area contributed by atoms with Gasteiger partial charge in [0.25, 0.3) is 11.7 Å². The number of fused-ring (bicyclic) bond motifs is 1. The third kappa shape index (κ3) is 2.55. The molecular formula is C12H17N5O2. The normalized spacial score (nSPS) is 12.6.